The van der Waals surface area contributed by atoms with Crippen molar-refractivity contribution >= 4 is 22.5 Å². The third-order valence-electron chi connectivity index (χ3n) is 2.65. The Bertz CT molecular complexity index is 722. The molecule has 1 heterocycles. The van der Waals surface area contributed by atoms with Gasteiger partial charge in [0.25, 0.3) is 17.2 Å². The van der Waals surface area contributed by atoms with Crippen LogP contribution in [0.5, 0.6) is 0 Å². The molecule has 0 aliphatic carbocycles. The van der Waals surface area contributed by atoms with Crippen molar-refractivity contribution in [3.8, 4) is 0 Å². The largest absolute Gasteiger partial charge is 0.299 e. The Hall–Kier alpha value is -2.74. The van der Waals surface area contributed by atoms with Gasteiger partial charge < -0.3 is 0 Å². The number of nitro groups is 1. The van der Waals surface area contributed by atoms with Crippen LogP contribution in [0.2, 0.25) is 0 Å². The molecule has 0 bridgehead atoms. The molecule has 3 N–H and O–H groups in total. The number of rotatable bonds is 3. The Labute approximate surface area is 106 Å². The van der Waals surface area contributed by atoms with Crippen molar-refractivity contribution < 1.29 is 9.72 Å². The van der Waals surface area contributed by atoms with Crippen LogP contribution < -0.4 is 16.8 Å². The summed E-state index contributed by atoms with van der Waals surface area (Å²) in [5, 5.41) is 11.2. The molecule has 0 saturated carbocycles. The van der Waals surface area contributed by atoms with Gasteiger partial charge in [0, 0.05) is 23.6 Å². The number of non-ortho nitro benzene ring substituents is 1. The fourth-order valence-electron chi connectivity index (χ4n) is 1.76. The summed E-state index contributed by atoms with van der Waals surface area (Å²) in [5.41, 5.74) is 1.89. The fraction of sp³-hybridized carbons (Fsp3) is 0.0909. The molecule has 0 aliphatic rings. The van der Waals surface area contributed by atoms with Gasteiger partial charge >= 0.3 is 0 Å². The summed E-state index contributed by atoms with van der Waals surface area (Å²) >= 11 is 0. The van der Waals surface area contributed by atoms with Crippen molar-refractivity contribution in [1.29, 1.82) is 0 Å². The van der Waals surface area contributed by atoms with Gasteiger partial charge in [-0.15, -0.1) is 0 Å². The van der Waals surface area contributed by atoms with E-state index in [-0.39, 0.29) is 17.8 Å². The highest BCUT2D eigenvalue weighted by atomic mass is 16.6. The first-order valence-corrected chi connectivity index (χ1v) is 5.30. The number of hydrogen-bond donors (Lipinski definition) is 2. The SMILES string of the molecule is NNC(=O)Cn1c(=O)ccc2cc([N+](=O)[O-])ccc21. The third kappa shape index (κ3) is 2.43. The van der Waals surface area contributed by atoms with Crippen LogP contribution in [0.4, 0.5) is 5.69 Å². The Morgan fingerprint density at radius 1 is 1.37 bits per heavy atom. The van der Waals surface area contributed by atoms with Crippen LogP contribution in [-0.4, -0.2) is 15.4 Å². The van der Waals surface area contributed by atoms with Crippen LogP contribution in [0.1, 0.15) is 0 Å². The summed E-state index contributed by atoms with van der Waals surface area (Å²) in [4.78, 5) is 33.1. The maximum Gasteiger partial charge on any atom is 0.270 e. The number of nitrogens with one attached hydrogen (secondary N) is 1. The normalized spacial score (nSPS) is 10.4. The summed E-state index contributed by atoms with van der Waals surface area (Å²) in [6.45, 7) is -0.246. The molecule has 0 saturated heterocycles. The van der Waals surface area contributed by atoms with Gasteiger partial charge in [-0.2, -0.15) is 0 Å². The van der Waals surface area contributed by atoms with Crippen LogP contribution in [-0.2, 0) is 11.3 Å². The summed E-state index contributed by atoms with van der Waals surface area (Å²) in [5.74, 6) is 4.44. The first-order valence-electron chi connectivity index (χ1n) is 5.30. The molecule has 1 aromatic carbocycles. The first kappa shape index (κ1) is 12.7. The van der Waals surface area contributed by atoms with E-state index < -0.39 is 10.8 Å². The highest BCUT2D eigenvalue weighted by molar-refractivity contribution is 5.83. The molecule has 0 radical (unpaired) electrons. The Morgan fingerprint density at radius 3 is 2.74 bits per heavy atom. The average molecular weight is 262 g/mol. The van der Waals surface area contributed by atoms with Crippen molar-refractivity contribution in [1.82, 2.24) is 9.99 Å². The van der Waals surface area contributed by atoms with E-state index in [1.165, 1.54) is 34.9 Å². The molecule has 8 nitrogen and oxygen atoms in total. The number of fused-ring (bicyclic) bond motifs is 1. The molecular formula is C11H10N4O4. The van der Waals surface area contributed by atoms with E-state index in [0.29, 0.717) is 10.9 Å². The maximum absolute atomic E-state index is 11.7. The zero-order valence-electron chi connectivity index (χ0n) is 9.70. The number of carbonyl (C=O) groups excluding carboxylic acids is 1. The molecule has 0 spiro atoms. The molecule has 0 atom stereocenters. The first-order chi connectivity index (χ1) is 9.02. The van der Waals surface area contributed by atoms with Gasteiger partial charge in [-0.05, 0) is 12.1 Å². The predicted octanol–water partition coefficient (Wildman–Crippen LogP) is -0.100. The minimum absolute atomic E-state index is 0.0824. The van der Waals surface area contributed by atoms with Gasteiger partial charge in [0.05, 0.1) is 10.4 Å². The molecule has 0 unspecified atom stereocenters. The van der Waals surface area contributed by atoms with E-state index in [0.717, 1.165) is 0 Å². The summed E-state index contributed by atoms with van der Waals surface area (Å²) < 4.78 is 1.20. The Morgan fingerprint density at radius 2 is 2.11 bits per heavy atom. The van der Waals surface area contributed by atoms with Gasteiger partial charge in [-0.3, -0.25) is 29.7 Å². The van der Waals surface area contributed by atoms with Gasteiger partial charge in [0.1, 0.15) is 6.54 Å². The highest BCUT2D eigenvalue weighted by Gasteiger charge is 2.11. The van der Waals surface area contributed by atoms with Gasteiger partial charge in [-0.1, -0.05) is 0 Å². The minimum Gasteiger partial charge on any atom is -0.299 e. The number of benzene rings is 1. The number of nitrogens with two attached hydrogens (primary N) is 1. The minimum atomic E-state index is -0.534. The van der Waals surface area contributed by atoms with E-state index in [1.807, 2.05) is 5.43 Å². The topological polar surface area (TPSA) is 120 Å². The zero-order valence-corrected chi connectivity index (χ0v) is 9.70. The van der Waals surface area contributed by atoms with Gasteiger partial charge in [-0.25, -0.2) is 5.84 Å². The Balaban J connectivity index is 2.63. The lowest BCUT2D eigenvalue weighted by Gasteiger charge is -2.08. The van der Waals surface area contributed by atoms with Gasteiger partial charge in [0.2, 0.25) is 0 Å². The van der Waals surface area contributed by atoms with Crippen LogP contribution >= 0.6 is 0 Å². The van der Waals surface area contributed by atoms with E-state index in [1.54, 1.807) is 0 Å². The molecule has 98 valence electrons. The summed E-state index contributed by atoms with van der Waals surface area (Å²) in [7, 11) is 0. The van der Waals surface area contributed by atoms with E-state index in [4.69, 9.17) is 5.84 Å². The number of aromatic nitrogens is 1. The van der Waals surface area contributed by atoms with Crippen LogP contribution in [0.25, 0.3) is 10.9 Å². The number of hydrogen-bond acceptors (Lipinski definition) is 5. The highest BCUT2D eigenvalue weighted by Crippen LogP contribution is 2.19. The van der Waals surface area contributed by atoms with E-state index >= 15 is 0 Å². The zero-order chi connectivity index (χ0) is 14.0. The maximum atomic E-state index is 11.7. The smallest absolute Gasteiger partial charge is 0.270 e. The lowest BCUT2D eigenvalue weighted by Crippen LogP contribution is -2.36. The molecule has 1 amide bonds. The van der Waals surface area contributed by atoms with Crippen molar-refractivity contribution in [2.75, 3.05) is 0 Å². The van der Waals surface area contributed by atoms with Crippen LogP contribution in [0.3, 0.4) is 0 Å². The van der Waals surface area contributed by atoms with Crippen molar-refractivity contribution in [3.63, 3.8) is 0 Å². The molecule has 8 heteroatoms. The fourth-order valence-corrected chi connectivity index (χ4v) is 1.76. The summed E-state index contributed by atoms with van der Waals surface area (Å²) in [6, 6.07) is 6.76. The van der Waals surface area contributed by atoms with E-state index in [9.17, 15) is 19.7 Å². The number of nitrogens with zero attached hydrogens (tertiary/aromatic N) is 2. The number of pyridine rings is 1. The second-order valence-electron chi connectivity index (χ2n) is 3.83. The van der Waals surface area contributed by atoms with Crippen LogP contribution in [0, 0.1) is 10.1 Å². The second-order valence-corrected chi connectivity index (χ2v) is 3.83. The molecule has 1 aromatic heterocycles. The summed E-state index contributed by atoms with van der Waals surface area (Å²) in [6.07, 6.45) is 0. The standard InChI is InChI=1S/C11H10N4O4/c12-13-10(16)6-14-9-3-2-8(15(18)19)5-7(9)1-4-11(14)17/h1-5H,6,12H2,(H,13,16). The van der Waals surface area contributed by atoms with Crippen molar-refractivity contribution in [3.05, 3.63) is 50.8 Å². The third-order valence-corrected chi connectivity index (χ3v) is 2.65. The van der Waals surface area contributed by atoms with Gasteiger partial charge in [0.15, 0.2) is 0 Å². The molecule has 0 fully saturated rings. The second kappa shape index (κ2) is 4.86. The lowest BCUT2D eigenvalue weighted by molar-refractivity contribution is -0.384. The lowest BCUT2D eigenvalue weighted by atomic mass is 10.2. The molecule has 0 aliphatic heterocycles. The number of amides is 1. The van der Waals surface area contributed by atoms with Crippen LogP contribution in [0.15, 0.2) is 35.1 Å². The Kier molecular flexibility index (Phi) is 3.25. The quantitative estimate of drug-likeness (QED) is 0.346. The number of nitro benzene ring substituents is 1. The van der Waals surface area contributed by atoms with Crippen molar-refractivity contribution in [2.24, 2.45) is 5.84 Å². The van der Waals surface area contributed by atoms with Crippen molar-refractivity contribution in [2.45, 2.75) is 6.54 Å². The van der Waals surface area contributed by atoms with E-state index in [2.05, 4.69) is 0 Å². The molecule has 19 heavy (non-hydrogen) atoms. The number of hydrazine groups is 1. The molecule has 2 aromatic rings. The molecule has 2 rings (SSSR count). The average Bonchev–Trinajstić information content (AvgIpc) is 2.41. The monoisotopic (exact) mass is 262 g/mol. The number of carbonyl (C=O) groups is 1. The molecular weight excluding hydrogens is 252 g/mol. The predicted molar refractivity (Wildman–Crippen MR) is 67.2 cm³/mol.